The van der Waals surface area contributed by atoms with Crippen LogP contribution in [0, 0.1) is 0 Å². The van der Waals surface area contributed by atoms with Gasteiger partial charge in [0.2, 0.25) is 5.91 Å². The van der Waals surface area contributed by atoms with E-state index < -0.39 is 6.04 Å². The smallest absolute Gasteiger partial charge is 0.263 e. The number of hydrogen-bond donors (Lipinski definition) is 1. The molecule has 2 aromatic heterocycles. The molecule has 1 N–H and O–H groups in total. The Morgan fingerprint density at radius 1 is 1.22 bits per heavy atom. The number of benzene rings is 1. The van der Waals surface area contributed by atoms with E-state index in [1.807, 2.05) is 0 Å². The molecular weight excluding hydrogens is 362 g/mol. The quantitative estimate of drug-likeness (QED) is 0.703. The lowest BCUT2D eigenvalue weighted by atomic mass is 10.1. The van der Waals surface area contributed by atoms with Crippen molar-refractivity contribution in [3.63, 3.8) is 0 Å². The number of Topliss-reactive ketones (excluding diaryl/α,β-unsaturated/α-hetero) is 1. The first-order valence-electron chi connectivity index (χ1n) is 8.89. The fraction of sp³-hybridized carbons (Fsp3) is 0.300. The van der Waals surface area contributed by atoms with Crippen LogP contribution in [0.15, 0.2) is 35.4 Å². The number of fused-ring (bicyclic) bond motifs is 3. The van der Waals surface area contributed by atoms with Crippen LogP contribution in [-0.2, 0) is 17.6 Å². The van der Waals surface area contributed by atoms with Crippen molar-refractivity contribution in [2.45, 2.75) is 39.2 Å². The van der Waals surface area contributed by atoms with Gasteiger partial charge in [0.05, 0.1) is 11.7 Å². The predicted octanol–water partition coefficient (Wildman–Crippen LogP) is 3.35. The van der Waals surface area contributed by atoms with Crippen molar-refractivity contribution in [2.75, 3.05) is 5.32 Å². The molecule has 7 heteroatoms. The van der Waals surface area contributed by atoms with Crippen molar-refractivity contribution < 1.29 is 9.59 Å². The van der Waals surface area contributed by atoms with Crippen LogP contribution in [-0.4, -0.2) is 21.2 Å². The summed E-state index contributed by atoms with van der Waals surface area (Å²) >= 11 is 1.58. The van der Waals surface area contributed by atoms with Gasteiger partial charge in [0, 0.05) is 16.1 Å². The van der Waals surface area contributed by atoms with Crippen LogP contribution in [0.2, 0.25) is 0 Å². The maximum Gasteiger partial charge on any atom is 0.263 e. The second-order valence-electron chi connectivity index (χ2n) is 6.79. The summed E-state index contributed by atoms with van der Waals surface area (Å²) < 4.78 is 1.40. The average molecular weight is 381 g/mol. The van der Waals surface area contributed by atoms with E-state index in [0.29, 0.717) is 16.6 Å². The maximum atomic E-state index is 13.0. The van der Waals surface area contributed by atoms with E-state index in [-0.39, 0.29) is 17.2 Å². The van der Waals surface area contributed by atoms with Gasteiger partial charge < -0.3 is 5.32 Å². The largest absolute Gasteiger partial charge is 0.324 e. The van der Waals surface area contributed by atoms with Crippen LogP contribution < -0.4 is 10.9 Å². The van der Waals surface area contributed by atoms with Crippen LogP contribution in [0.5, 0.6) is 0 Å². The van der Waals surface area contributed by atoms with Gasteiger partial charge in [0.1, 0.15) is 10.9 Å². The number of thiophene rings is 1. The fourth-order valence-corrected chi connectivity index (χ4v) is 4.65. The Balaban J connectivity index is 1.61. The third-order valence-corrected chi connectivity index (χ3v) is 6.21. The third-order valence-electron chi connectivity index (χ3n) is 5.01. The normalized spacial score (nSPS) is 14.1. The van der Waals surface area contributed by atoms with Crippen LogP contribution in [0.25, 0.3) is 10.2 Å². The first-order valence-corrected chi connectivity index (χ1v) is 9.70. The molecule has 0 radical (unpaired) electrons. The van der Waals surface area contributed by atoms with Gasteiger partial charge in [-0.25, -0.2) is 4.98 Å². The number of nitrogens with zero attached hydrogens (tertiary/aromatic N) is 2. The van der Waals surface area contributed by atoms with Crippen molar-refractivity contribution in [1.29, 1.82) is 0 Å². The Morgan fingerprint density at radius 3 is 2.67 bits per heavy atom. The summed E-state index contributed by atoms with van der Waals surface area (Å²) in [4.78, 5) is 43.4. The molecule has 3 aromatic rings. The molecule has 0 spiro atoms. The van der Waals surface area contributed by atoms with Crippen LogP contribution in [0.3, 0.4) is 0 Å². The highest BCUT2D eigenvalue weighted by atomic mass is 32.1. The second kappa shape index (κ2) is 6.74. The SMILES string of the molecule is CC(=O)c1ccc(NC(=O)C(C)n2cnc3sc4c(c3c2=O)CCC4)cc1. The van der Waals surface area contributed by atoms with Crippen molar-refractivity contribution in [2.24, 2.45) is 0 Å². The number of carbonyl (C=O) groups is 2. The van der Waals surface area contributed by atoms with E-state index in [1.165, 1.54) is 22.7 Å². The first-order chi connectivity index (χ1) is 13.0. The summed E-state index contributed by atoms with van der Waals surface area (Å²) in [5, 5.41) is 3.46. The number of anilines is 1. The number of ketones is 1. The van der Waals surface area contributed by atoms with E-state index in [9.17, 15) is 14.4 Å². The van der Waals surface area contributed by atoms with Gasteiger partial charge in [-0.05, 0) is 62.9 Å². The molecule has 1 unspecified atom stereocenters. The van der Waals surface area contributed by atoms with E-state index in [0.717, 1.165) is 29.7 Å². The van der Waals surface area contributed by atoms with Gasteiger partial charge in [-0.3, -0.25) is 19.0 Å². The Kier molecular flexibility index (Phi) is 4.39. The van der Waals surface area contributed by atoms with Gasteiger partial charge in [-0.1, -0.05) is 0 Å². The predicted molar refractivity (Wildman–Crippen MR) is 106 cm³/mol. The van der Waals surface area contributed by atoms with Crippen LogP contribution in [0.4, 0.5) is 5.69 Å². The van der Waals surface area contributed by atoms with Gasteiger partial charge in [-0.2, -0.15) is 0 Å². The molecule has 1 amide bonds. The molecule has 1 aromatic carbocycles. The Hall–Kier alpha value is -2.80. The molecular formula is C20H19N3O3S. The topological polar surface area (TPSA) is 81.1 Å². The lowest BCUT2D eigenvalue weighted by Crippen LogP contribution is -2.31. The van der Waals surface area contributed by atoms with E-state index in [4.69, 9.17) is 0 Å². The number of amides is 1. The van der Waals surface area contributed by atoms with Gasteiger partial charge in [0.15, 0.2) is 5.78 Å². The summed E-state index contributed by atoms with van der Waals surface area (Å²) in [6.07, 6.45) is 4.43. The Bertz CT molecular complexity index is 1110. The molecule has 27 heavy (non-hydrogen) atoms. The summed E-state index contributed by atoms with van der Waals surface area (Å²) in [6, 6.07) is 5.99. The van der Waals surface area contributed by atoms with Gasteiger partial charge in [0.25, 0.3) is 5.56 Å². The zero-order valence-electron chi connectivity index (χ0n) is 15.1. The fourth-order valence-electron chi connectivity index (χ4n) is 3.43. The minimum atomic E-state index is -0.696. The van der Waals surface area contributed by atoms with Crippen molar-refractivity contribution in [1.82, 2.24) is 9.55 Å². The molecule has 2 heterocycles. The molecule has 1 atom stereocenters. The standard InChI is InChI=1S/C20H19N3O3S/c1-11(18(25)22-14-8-6-13(7-9-14)12(2)24)23-10-21-19-17(20(23)26)15-4-3-5-16(15)27-19/h6-11H,3-5H2,1-2H3,(H,22,25). The number of nitrogens with one attached hydrogen (secondary N) is 1. The number of rotatable bonds is 4. The molecule has 1 aliphatic rings. The summed E-state index contributed by atoms with van der Waals surface area (Å²) in [6.45, 7) is 3.17. The molecule has 138 valence electrons. The van der Waals surface area contributed by atoms with Crippen molar-refractivity contribution in [3.8, 4) is 0 Å². The number of aryl methyl sites for hydroxylation is 2. The molecule has 1 aliphatic carbocycles. The number of carbonyl (C=O) groups excluding carboxylic acids is 2. The summed E-state index contributed by atoms with van der Waals surface area (Å²) in [5.74, 6) is -0.337. The summed E-state index contributed by atoms with van der Waals surface area (Å²) in [5.41, 5.74) is 2.11. The molecule has 0 saturated carbocycles. The molecule has 0 aliphatic heterocycles. The lowest BCUT2D eigenvalue weighted by Gasteiger charge is -2.15. The maximum absolute atomic E-state index is 13.0. The molecule has 0 saturated heterocycles. The average Bonchev–Trinajstić information content (AvgIpc) is 3.23. The molecule has 4 rings (SSSR count). The highest BCUT2D eigenvalue weighted by Crippen LogP contribution is 2.34. The first kappa shape index (κ1) is 17.6. The minimum Gasteiger partial charge on any atom is -0.324 e. The highest BCUT2D eigenvalue weighted by molar-refractivity contribution is 7.18. The minimum absolute atomic E-state index is 0.0320. The van der Waals surface area contributed by atoms with E-state index in [2.05, 4.69) is 10.3 Å². The monoisotopic (exact) mass is 381 g/mol. The Labute approximate surface area is 159 Å². The van der Waals surface area contributed by atoms with Gasteiger partial charge >= 0.3 is 0 Å². The zero-order valence-corrected chi connectivity index (χ0v) is 15.9. The van der Waals surface area contributed by atoms with Crippen molar-refractivity contribution >= 4 is 38.9 Å². The lowest BCUT2D eigenvalue weighted by molar-refractivity contribution is -0.118. The Morgan fingerprint density at radius 2 is 1.96 bits per heavy atom. The molecule has 6 nitrogen and oxygen atoms in total. The molecule has 0 fully saturated rings. The molecule has 0 bridgehead atoms. The van der Waals surface area contributed by atoms with Crippen LogP contribution >= 0.6 is 11.3 Å². The van der Waals surface area contributed by atoms with E-state index in [1.54, 1.807) is 42.5 Å². The van der Waals surface area contributed by atoms with Crippen LogP contribution in [0.1, 0.15) is 47.1 Å². The van der Waals surface area contributed by atoms with Crippen molar-refractivity contribution in [3.05, 3.63) is 57.0 Å². The third kappa shape index (κ3) is 3.08. The number of hydrogen-bond acceptors (Lipinski definition) is 5. The van der Waals surface area contributed by atoms with E-state index >= 15 is 0 Å². The van der Waals surface area contributed by atoms with Gasteiger partial charge in [-0.15, -0.1) is 11.3 Å². The summed E-state index contributed by atoms with van der Waals surface area (Å²) in [7, 11) is 0. The zero-order chi connectivity index (χ0) is 19.1. The highest BCUT2D eigenvalue weighted by Gasteiger charge is 2.24. The second-order valence-corrected chi connectivity index (χ2v) is 7.88. The number of aromatic nitrogens is 2.